The van der Waals surface area contributed by atoms with Crippen molar-refractivity contribution in [2.75, 3.05) is 13.6 Å². The Morgan fingerprint density at radius 2 is 1.82 bits per heavy atom. The molecular formula is C9H20N2. The van der Waals surface area contributed by atoms with Gasteiger partial charge in [-0.1, -0.05) is 6.92 Å². The minimum Gasteiger partial charge on any atom is -0.328 e. The molecule has 0 radical (unpaired) electrons. The van der Waals surface area contributed by atoms with Crippen molar-refractivity contribution in [1.29, 1.82) is 0 Å². The maximum atomic E-state index is 5.82. The van der Waals surface area contributed by atoms with E-state index in [1.54, 1.807) is 0 Å². The predicted molar refractivity (Wildman–Crippen MR) is 48.5 cm³/mol. The van der Waals surface area contributed by atoms with E-state index >= 15 is 0 Å². The van der Waals surface area contributed by atoms with Crippen molar-refractivity contribution in [2.45, 2.75) is 44.7 Å². The first-order valence-corrected chi connectivity index (χ1v) is 4.70. The zero-order chi connectivity index (χ0) is 8.27. The highest BCUT2D eigenvalue weighted by molar-refractivity contribution is 4.78. The summed E-state index contributed by atoms with van der Waals surface area (Å²) in [6, 6.07) is 1.29. The first kappa shape index (κ1) is 9.01. The van der Waals surface area contributed by atoms with Gasteiger partial charge in [-0.2, -0.15) is 0 Å². The van der Waals surface area contributed by atoms with E-state index in [-0.39, 0.29) is 0 Å². The van der Waals surface area contributed by atoms with Crippen LogP contribution >= 0.6 is 0 Å². The van der Waals surface area contributed by atoms with Crippen LogP contribution in [0.25, 0.3) is 0 Å². The van der Waals surface area contributed by atoms with Crippen molar-refractivity contribution in [3.8, 4) is 0 Å². The fourth-order valence-electron chi connectivity index (χ4n) is 1.80. The van der Waals surface area contributed by atoms with Crippen LogP contribution in [0.1, 0.15) is 32.6 Å². The number of nitrogens with zero attached hydrogens (tertiary/aromatic N) is 1. The number of rotatable bonds is 2. The second kappa shape index (κ2) is 4.07. The third-order valence-corrected chi connectivity index (χ3v) is 2.86. The van der Waals surface area contributed by atoms with Gasteiger partial charge in [-0.25, -0.2) is 0 Å². The standard InChI is InChI=1S/C9H20N2/c1-3-11(2)9-6-4-8(10)5-7-9/h8-9H,3-7,10H2,1-2H3. The third-order valence-electron chi connectivity index (χ3n) is 2.86. The summed E-state index contributed by atoms with van der Waals surface area (Å²) in [5, 5.41) is 0. The molecule has 0 aromatic carbocycles. The smallest absolute Gasteiger partial charge is 0.00932 e. The molecule has 1 fully saturated rings. The van der Waals surface area contributed by atoms with E-state index in [0.29, 0.717) is 6.04 Å². The Morgan fingerprint density at radius 1 is 1.27 bits per heavy atom. The molecule has 11 heavy (non-hydrogen) atoms. The second-order valence-electron chi connectivity index (χ2n) is 3.64. The van der Waals surface area contributed by atoms with E-state index in [0.717, 1.165) is 6.04 Å². The van der Waals surface area contributed by atoms with Crippen LogP contribution in [-0.2, 0) is 0 Å². The van der Waals surface area contributed by atoms with Crippen LogP contribution in [0.3, 0.4) is 0 Å². The molecule has 1 aliphatic rings. The first-order chi connectivity index (χ1) is 5.24. The van der Waals surface area contributed by atoms with Crippen molar-refractivity contribution in [3.05, 3.63) is 0 Å². The van der Waals surface area contributed by atoms with E-state index in [1.165, 1.54) is 32.2 Å². The van der Waals surface area contributed by atoms with E-state index in [2.05, 4.69) is 18.9 Å². The predicted octanol–water partition coefficient (Wildman–Crippen LogP) is 1.21. The van der Waals surface area contributed by atoms with Crippen LogP contribution in [0, 0.1) is 0 Å². The van der Waals surface area contributed by atoms with Gasteiger partial charge in [0.15, 0.2) is 0 Å². The van der Waals surface area contributed by atoms with E-state index in [4.69, 9.17) is 5.73 Å². The average molecular weight is 156 g/mol. The van der Waals surface area contributed by atoms with Crippen molar-refractivity contribution >= 4 is 0 Å². The lowest BCUT2D eigenvalue weighted by atomic mass is 9.91. The molecule has 66 valence electrons. The molecule has 2 N–H and O–H groups in total. The van der Waals surface area contributed by atoms with Gasteiger partial charge in [0.2, 0.25) is 0 Å². The van der Waals surface area contributed by atoms with Gasteiger partial charge in [0.05, 0.1) is 0 Å². The van der Waals surface area contributed by atoms with Crippen molar-refractivity contribution in [3.63, 3.8) is 0 Å². The van der Waals surface area contributed by atoms with Gasteiger partial charge in [-0.05, 0) is 39.3 Å². The van der Waals surface area contributed by atoms with Crippen LogP contribution in [0.2, 0.25) is 0 Å². The minimum atomic E-state index is 0.483. The molecule has 1 aliphatic carbocycles. The number of nitrogens with two attached hydrogens (primary N) is 1. The highest BCUT2D eigenvalue weighted by Gasteiger charge is 2.20. The maximum Gasteiger partial charge on any atom is 0.00932 e. The van der Waals surface area contributed by atoms with Gasteiger partial charge in [0.25, 0.3) is 0 Å². The first-order valence-electron chi connectivity index (χ1n) is 4.70. The molecule has 2 nitrogen and oxygen atoms in total. The molecule has 0 atom stereocenters. The van der Waals surface area contributed by atoms with Gasteiger partial charge in [0, 0.05) is 12.1 Å². The Balaban J connectivity index is 2.27. The van der Waals surface area contributed by atoms with Gasteiger partial charge in [-0.3, -0.25) is 0 Å². The largest absolute Gasteiger partial charge is 0.328 e. The Hall–Kier alpha value is -0.0800. The van der Waals surface area contributed by atoms with E-state index in [1.807, 2.05) is 0 Å². The molecule has 0 unspecified atom stereocenters. The number of hydrogen-bond donors (Lipinski definition) is 1. The van der Waals surface area contributed by atoms with Gasteiger partial charge in [0.1, 0.15) is 0 Å². The van der Waals surface area contributed by atoms with E-state index < -0.39 is 0 Å². The molecule has 0 heterocycles. The summed E-state index contributed by atoms with van der Waals surface area (Å²) in [7, 11) is 2.21. The molecule has 1 rings (SSSR count). The summed E-state index contributed by atoms with van der Waals surface area (Å²) in [4.78, 5) is 2.44. The SMILES string of the molecule is CCN(C)C1CCC(N)CC1. The summed E-state index contributed by atoms with van der Waals surface area (Å²) in [6.45, 7) is 3.38. The molecule has 0 amide bonds. The molecule has 0 spiro atoms. The molecule has 0 bridgehead atoms. The third kappa shape index (κ3) is 2.46. The van der Waals surface area contributed by atoms with Gasteiger partial charge in [-0.15, -0.1) is 0 Å². The van der Waals surface area contributed by atoms with Crippen molar-refractivity contribution in [2.24, 2.45) is 5.73 Å². The zero-order valence-corrected chi connectivity index (χ0v) is 7.71. The van der Waals surface area contributed by atoms with Crippen molar-refractivity contribution < 1.29 is 0 Å². The molecule has 0 aromatic rings. The van der Waals surface area contributed by atoms with Crippen LogP contribution in [-0.4, -0.2) is 30.6 Å². The van der Waals surface area contributed by atoms with Gasteiger partial charge >= 0.3 is 0 Å². The highest BCUT2D eigenvalue weighted by Crippen LogP contribution is 2.20. The molecule has 0 saturated heterocycles. The van der Waals surface area contributed by atoms with Crippen LogP contribution < -0.4 is 5.73 Å². The Bertz CT molecular complexity index is 106. The van der Waals surface area contributed by atoms with Crippen LogP contribution in [0.5, 0.6) is 0 Å². The molecule has 0 aliphatic heterocycles. The number of hydrogen-bond acceptors (Lipinski definition) is 2. The topological polar surface area (TPSA) is 29.3 Å². The summed E-state index contributed by atoms with van der Waals surface area (Å²) >= 11 is 0. The fourth-order valence-corrected chi connectivity index (χ4v) is 1.80. The lowest BCUT2D eigenvalue weighted by molar-refractivity contribution is 0.191. The summed E-state index contributed by atoms with van der Waals surface area (Å²) in [6.07, 6.45) is 5.03. The van der Waals surface area contributed by atoms with Crippen molar-refractivity contribution in [1.82, 2.24) is 4.90 Å². The molecular weight excluding hydrogens is 136 g/mol. The fraction of sp³-hybridized carbons (Fsp3) is 1.00. The lowest BCUT2D eigenvalue weighted by Gasteiger charge is -2.32. The molecule has 0 aromatic heterocycles. The second-order valence-corrected chi connectivity index (χ2v) is 3.64. The summed E-state index contributed by atoms with van der Waals surface area (Å²) < 4.78 is 0. The summed E-state index contributed by atoms with van der Waals surface area (Å²) in [5.41, 5.74) is 5.82. The quantitative estimate of drug-likeness (QED) is 0.651. The van der Waals surface area contributed by atoms with Gasteiger partial charge < -0.3 is 10.6 Å². The molecule has 2 heteroatoms. The van der Waals surface area contributed by atoms with Crippen LogP contribution in [0.15, 0.2) is 0 Å². The zero-order valence-electron chi connectivity index (χ0n) is 7.71. The highest BCUT2D eigenvalue weighted by atomic mass is 15.1. The monoisotopic (exact) mass is 156 g/mol. The maximum absolute atomic E-state index is 5.82. The van der Waals surface area contributed by atoms with Crippen LogP contribution in [0.4, 0.5) is 0 Å². The normalized spacial score (nSPS) is 32.7. The van der Waals surface area contributed by atoms with E-state index in [9.17, 15) is 0 Å². The lowest BCUT2D eigenvalue weighted by Crippen LogP contribution is -2.38. The molecule has 1 saturated carbocycles. The average Bonchev–Trinajstić information content (AvgIpc) is 2.05. The Kier molecular flexibility index (Phi) is 3.34. The Labute approximate surface area is 69.8 Å². The minimum absolute atomic E-state index is 0.483. The summed E-state index contributed by atoms with van der Waals surface area (Å²) in [5.74, 6) is 0. The Morgan fingerprint density at radius 3 is 2.27 bits per heavy atom.